The molecular formula is C15H30IN3OS2. The lowest BCUT2D eigenvalue weighted by Crippen LogP contribution is -2.44. The van der Waals surface area contributed by atoms with Gasteiger partial charge < -0.3 is 15.7 Å². The van der Waals surface area contributed by atoms with Crippen LogP contribution in [0.1, 0.15) is 39.5 Å². The highest BCUT2D eigenvalue weighted by molar-refractivity contribution is 14.0. The van der Waals surface area contributed by atoms with E-state index in [-0.39, 0.29) is 24.0 Å². The molecule has 2 aliphatic rings. The Morgan fingerprint density at radius 1 is 1.41 bits per heavy atom. The quantitative estimate of drug-likeness (QED) is 0.324. The normalized spacial score (nSPS) is 31.9. The smallest absolute Gasteiger partial charge is 0.191 e. The number of thioether (sulfide) groups is 2. The fourth-order valence-corrected chi connectivity index (χ4v) is 5.35. The van der Waals surface area contributed by atoms with Crippen molar-refractivity contribution in [3.05, 3.63) is 0 Å². The van der Waals surface area contributed by atoms with E-state index in [0.717, 1.165) is 35.7 Å². The summed E-state index contributed by atoms with van der Waals surface area (Å²) < 4.78 is 0. The number of halogens is 1. The molecular weight excluding hydrogens is 429 g/mol. The maximum absolute atomic E-state index is 10.4. The number of hydrogen-bond donors (Lipinski definition) is 3. The molecule has 1 heterocycles. The first-order chi connectivity index (χ1) is 10.1. The zero-order valence-corrected chi connectivity index (χ0v) is 17.6. The van der Waals surface area contributed by atoms with Gasteiger partial charge in [-0.2, -0.15) is 23.5 Å². The predicted octanol–water partition coefficient (Wildman–Crippen LogP) is 2.70. The summed E-state index contributed by atoms with van der Waals surface area (Å²) in [6, 6.07) is 0.527. The van der Waals surface area contributed by atoms with E-state index in [1.165, 1.54) is 25.0 Å². The standard InChI is InChI=1S/C15H29N3OS2.HI/c1-3-16-14(17-10-15(19)7-8-20-11-15)18-12-5-6-13(9-12)21-4-2;/h12-13,19H,3-11H2,1-2H3,(H2,16,17,18);1H. The molecule has 1 aliphatic carbocycles. The van der Waals surface area contributed by atoms with Gasteiger partial charge >= 0.3 is 0 Å². The lowest BCUT2D eigenvalue weighted by Gasteiger charge is -2.21. The largest absolute Gasteiger partial charge is 0.387 e. The zero-order chi connectivity index (χ0) is 15.1. The summed E-state index contributed by atoms with van der Waals surface area (Å²) >= 11 is 3.90. The van der Waals surface area contributed by atoms with Crippen molar-refractivity contribution in [3.8, 4) is 0 Å². The highest BCUT2D eigenvalue weighted by Gasteiger charge is 2.32. The lowest BCUT2D eigenvalue weighted by atomic mass is 10.1. The molecule has 7 heteroatoms. The highest BCUT2D eigenvalue weighted by atomic mass is 127. The van der Waals surface area contributed by atoms with Crippen molar-refractivity contribution < 1.29 is 5.11 Å². The molecule has 1 saturated heterocycles. The van der Waals surface area contributed by atoms with Crippen LogP contribution in [0.25, 0.3) is 0 Å². The number of aliphatic hydroxyl groups is 1. The van der Waals surface area contributed by atoms with E-state index in [9.17, 15) is 5.11 Å². The van der Waals surface area contributed by atoms with Gasteiger partial charge in [0.2, 0.25) is 0 Å². The van der Waals surface area contributed by atoms with Crippen LogP contribution in [0.15, 0.2) is 4.99 Å². The van der Waals surface area contributed by atoms with Crippen LogP contribution in [0.5, 0.6) is 0 Å². The molecule has 4 nitrogen and oxygen atoms in total. The Morgan fingerprint density at radius 3 is 2.86 bits per heavy atom. The fourth-order valence-electron chi connectivity index (χ4n) is 2.92. The van der Waals surface area contributed by atoms with E-state index in [4.69, 9.17) is 0 Å². The number of hydrogen-bond acceptors (Lipinski definition) is 4. The second kappa shape index (κ2) is 10.5. The van der Waals surface area contributed by atoms with Gasteiger partial charge in [0.1, 0.15) is 0 Å². The first-order valence-electron chi connectivity index (χ1n) is 8.12. The third-order valence-corrected chi connectivity index (χ3v) is 6.55. The summed E-state index contributed by atoms with van der Waals surface area (Å²) in [6.07, 6.45) is 4.61. The van der Waals surface area contributed by atoms with Crippen LogP contribution in [-0.4, -0.2) is 58.3 Å². The van der Waals surface area contributed by atoms with Crippen molar-refractivity contribution in [2.24, 2.45) is 4.99 Å². The van der Waals surface area contributed by atoms with E-state index in [0.29, 0.717) is 12.6 Å². The Balaban J connectivity index is 0.00000242. The molecule has 0 aromatic carbocycles. The molecule has 3 unspecified atom stereocenters. The minimum Gasteiger partial charge on any atom is -0.387 e. The molecule has 0 bridgehead atoms. The second-order valence-corrected chi connectivity index (χ2v) is 8.64. The maximum atomic E-state index is 10.4. The van der Waals surface area contributed by atoms with Crippen LogP contribution in [-0.2, 0) is 0 Å². The summed E-state index contributed by atoms with van der Waals surface area (Å²) in [5, 5.41) is 18.1. The van der Waals surface area contributed by atoms with Crippen LogP contribution in [0.3, 0.4) is 0 Å². The van der Waals surface area contributed by atoms with Gasteiger partial charge in [0, 0.05) is 23.6 Å². The minimum atomic E-state index is -0.594. The average Bonchev–Trinajstić information content (AvgIpc) is 3.07. The fraction of sp³-hybridized carbons (Fsp3) is 0.933. The van der Waals surface area contributed by atoms with E-state index < -0.39 is 5.60 Å². The second-order valence-electron chi connectivity index (χ2n) is 5.95. The SMILES string of the molecule is CCNC(=NCC1(O)CCSC1)NC1CCC(SCC)C1.I. The Kier molecular flexibility index (Phi) is 9.89. The molecule has 3 atom stereocenters. The van der Waals surface area contributed by atoms with Gasteiger partial charge in [-0.25, -0.2) is 0 Å². The molecule has 3 N–H and O–H groups in total. The molecule has 0 aromatic rings. The van der Waals surface area contributed by atoms with Crippen LogP contribution >= 0.6 is 47.5 Å². The van der Waals surface area contributed by atoms with Gasteiger partial charge in [0.15, 0.2) is 5.96 Å². The maximum Gasteiger partial charge on any atom is 0.191 e. The number of guanidine groups is 1. The molecule has 0 amide bonds. The predicted molar refractivity (Wildman–Crippen MR) is 111 cm³/mol. The summed E-state index contributed by atoms with van der Waals surface area (Å²) in [6.45, 7) is 5.69. The lowest BCUT2D eigenvalue weighted by molar-refractivity contribution is 0.0778. The van der Waals surface area contributed by atoms with Gasteiger partial charge in [-0.1, -0.05) is 6.92 Å². The number of nitrogens with zero attached hydrogens (tertiary/aromatic N) is 1. The van der Waals surface area contributed by atoms with Crippen molar-refractivity contribution in [2.75, 3.05) is 30.3 Å². The van der Waals surface area contributed by atoms with Gasteiger partial charge in [0.25, 0.3) is 0 Å². The van der Waals surface area contributed by atoms with E-state index in [2.05, 4.69) is 41.2 Å². The van der Waals surface area contributed by atoms with Gasteiger partial charge in [-0.05, 0) is 44.1 Å². The summed E-state index contributed by atoms with van der Waals surface area (Å²) in [5.74, 6) is 3.94. The first-order valence-corrected chi connectivity index (χ1v) is 10.3. The summed E-state index contributed by atoms with van der Waals surface area (Å²) in [5.41, 5.74) is -0.594. The van der Waals surface area contributed by atoms with Crippen LogP contribution in [0, 0.1) is 0 Å². The van der Waals surface area contributed by atoms with Gasteiger partial charge in [-0.15, -0.1) is 24.0 Å². The molecule has 2 fully saturated rings. The molecule has 22 heavy (non-hydrogen) atoms. The monoisotopic (exact) mass is 459 g/mol. The van der Waals surface area contributed by atoms with Crippen molar-refractivity contribution in [3.63, 3.8) is 0 Å². The van der Waals surface area contributed by atoms with Gasteiger partial charge in [0.05, 0.1) is 12.1 Å². The Morgan fingerprint density at radius 2 is 2.23 bits per heavy atom. The summed E-state index contributed by atoms with van der Waals surface area (Å²) in [4.78, 5) is 4.63. The molecule has 2 rings (SSSR count). The average molecular weight is 459 g/mol. The van der Waals surface area contributed by atoms with Crippen molar-refractivity contribution in [2.45, 2.75) is 56.4 Å². The third-order valence-electron chi connectivity index (χ3n) is 4.09. The minimum absolute atomic E-state index is 0. The Bertz CT molecular complexity index is 352. The molecule has 1 aliphatic heterocycles. The Labute approximate surface area is 160 Å². The Hall–Kier alpha value is 0.660. The van der Waals surface area contributed by atoms with E-state index >= 15 is 0 Å². The van der Waals surface area contributed by atoms with E-state index in [1.807, 2.05) is 11.8 Å². The van der Waals surface area contributed by atoms with E-state index in [1.54, 1.807) is 0 Å². The number of nitrogens with one attached hydrogen (secondary N) is 2. The molecule has 0 radical (unpaired) electrons. The first kappa shape index (κ1) is 20.7. The molecule has 130 valence electrons. The van der Waals surface area contributed by atoms with Crippen molar-refractivity contribution in [1.82, 2.24) is 10.6 Å². The topological polar surface area (TPSA) is 56.7 Å². The molecule has 0 aromatic heterocycles. The molecule has 1 saturated carbocycles. The number of rotatable bonds is 6. The van der Waals surface area contributed by atoms with Crippen molar-refractivity contribution >= 4 is 53.5 Å². The van der Waals surface area contributed by atoms with Crippen LogP contribution in [0.4, 0.5) is 0 Å². The zero-order valence-electron chi connectivity index (χ0n) is 13.6. The highest BCUT2D eigenvalue weighted by Crippen LogP contribution is 2.30. The third kappa shape index (κ3) is 6.65. The molecule has 0 spiro atoms. The van der Waals surface area contributed by atoms with Crippen LogP contribution in [0.2, 0.25) is 0 Å². The van der Waals surface area contributed by atoms with Crippen molar-refractivity contribution in [1.29, 1.82) is 0 Å². The van der Waals surface area contributed by atoms with Gasteiger partial charge in [-0.3, -0.25) is 4.99 Å². The van der Waals surface area contributed by atoms with Crippen LogP contribution < -0.4 is 10.6 Å². The summed E-state index contributed by atoms with van der Waals surface area (Å²) in [7, 11) is 0. The number of aliphatic imine (C=N–C) groups is 1.